The molecule has 0 aromatic heterocycles. The minimum Gasteiger partial charge on any atom is -0.497 e. The summed E-state index contributed by atoms with van der Waals surface area (Å²) in [6.45, 7) is 3.06. The van der Waals surface area contributed by atoms with Gasteiger partial charge in [0.15, 0.2) is 0 Å². The van der Waals surface area contributed by atoms with E-state index in [1.54, 1.807) is 7.11 Å². The molecule has 3 heteroatoms. The highest BCUT2D eigenvalue weighted by molar-refractivity contribution is 5.32. The van der Waals surface area contributed by atoms with Crippen molar-refractivity contribution >= 4 is 0 Å². The highest BCUT2D eigenvalue weighted by Gasteiger charge is 2.37. The molecular weight excluding hydrogens is 226 g/mol. The SMILES string of the molecule is CNC(c1cccc(OC)c1)C1(C)CCCCO1. The summed E-state index contributed by atoms with van der Waals surface area (Å²) in [5.41, 5.74) is 1.10. The number of benzene rings is 1. The summed E-state index contributed by atoms with van der Waals surface area (Å²) in [6.07, 6.45) is 3.50. The Kier molecular flexibility index (Phi) is 4.25. The predicted molar refractivity (Wildman–Crippen MR) is 73.0 cm³/mol. The molecule has 0 amide bonds. The van der Waals surface area contributed by atoms with Crippen molar-refractivity contribution in [3.05, 3.63) is 29.8 Å². The van der Waals surface area contributed by atoms with Crippen LogP contribution in [0.25, 0.3) is 0 Å². The molecule has 1 aliphatic rings. The molecule has 1 aromatic rings. The van der Waals surface area contributed by atoms with Crippen LogP contribution in [0.1, 0.15) is 37.8 Å². The average molecular weight is 249 g/mol. The summed E-state index contributed by atoms with van der Waals surface area (Å²) in [6, 6.07) is 8.43. The van der Waals surface area contributed by atoms with Gasteiger partial charge in [-0.2, -0.15) is 0 Å². The first-order valence-corrected chi connectivity index (χ1v) is 6.65. The van der Waals surface area contributed by atoms with Crippen molar-refractivity contribution in [1.29, 1.82) is 0 Å². The zero-order chi connectivity index (χ0) is 13.0. The first-order valence-electron chi connectivity index (χ1n) is 6.65. The van der Waals surface area contributed by atoms with Crippen molar-refractivity contribution in [3.63, 3.8) is 0 Å². The maximum absolute atomic E-state index is 6.04. The molecule has 1 aromatic carbocycles. The van der Waals surface area contributed by atoms with Gasteiger partial charge < -0.3 is 14.8 Å². The lowest BCUT2D eigenvalue weighted by Gasteiger charge is -2.40. The molecule has 0 bridgehead atoms. The standard InChI is InChI=1S/C15H23NO2/c1-15(9-4-5-10-18-15)14(16-2)12-7-6-8-13(11-12)17-3/h6-8,11,14,16H,4-5,9-10H2,1-3H3. The molecule has 1 saturated heterocycles. The number of nitrogens with one attached hydrogen (secondary N) is 1. The first kappa shape index (κ1) is 13.4. The maximum Gasteiger partial charge on any atom is 0.119 e. The van der Waals surface area contributed by atoms with E-state index < -0.39 is 0 Å². The van der Waals surface area contributed by atoms with E-state index >= 15 is 0 Å². The van der Waals surface area contributed by atoms with Crippen LogP contribution in [0.3, 0.4) is 0 Å². The van der Waals surface area contributed by atoms with Gasteiger partial charge in [0, 0.05) is 6.61 Å². The number of hydrogen-bond donors (Lipinski definition) is 1. The third-order valence-corrected chi connectivity index (χ3v) is 3.83. The van der Waals surface area contributed by atoms with Crippen LogP contribution in [0, 0.1) is 0 Å². The van der Waals surface area contributed by atoms with Crippen molar-refractivity contribution < 1.29 is 9.47 Å². The number of methoxy groups -OCH3 is 1. The minimum absolute atomic E-state index is 0.126. The highest BCUT2D eigenvalue weighted by atomic mass is 16.5. The summed E-state index contributed by atoms with van der Waals surface area (Å²) in [7, 11) is 3.69. The smallest absolute Gasteiger partial charge is 0.119 e. The van der Waals surface area contributed by atoms with Gasteiger partial charge in [-0.15, -0.1) is 0 Å². The molecule has 0 radical (unpaired) electrons. The van der Waals surface area contributed by atoms with Crippen LogP contribution in [-0.4, -0.2) is 26.4 Å². The van der Waals surface area contributed by atoms with E-state index in [0.717, 1.165) is 18.8 Å². The van der Waals surface area contributed by atoms with Gasteiger partial charge in [-0.1, -0.05) is 12.1 Å². The molecule has 1 N–H and O–H groups in total. The Morgan fingerprint density at radius 3 is 2.83 bits per heavy atom. The molecule has 2 atom stereocenters. The molecule has 0 saturated carbocycles. The molecule has 1 heterocycles. The van der Waals surface area contributed by atoms with Gasteiger partial charge in [0.2, 0.25) is 0 Å². The van der Waals surface area contributed by atoms with Crippen LogP contribution in [0.5, 0.6) is 5.75 Å². The van der Waals surface area contributed by atoms with Crippen molar-refractivity contribution in [2.45, 2.75) is 37.8 Å². The third-order valence-electron chi connectivity index (χ3n) is 3.83. The van der Waals surface area contributed by atoms with Crippen molar-refractivity contribution in [2.75, 3.05) is 20.8 Å². The zero-order valence-electron chi connectivity index (χ0n) is 11.5. The quantitative estimate of drug-likeness (QED) is 0.890. The molecule has 3 nitrogen and oxygen atoms in total. The Morgan fingerprint density at radius 1 is 1.39 bits per heavy atom. The van der Waals surface area contributed by atoms with Gasteiger partial charge in [-0.25, -0.2) is 0 Å². The molecule has 2 unspecified atom stereocenters. The van der Waals surface area contributed by atoms with Gasteiger partial charge in [0.1, 0.15) is 5.75 Å². The Balaban J connectivity index is 2.26. The van der Waals surface area contributed by atoms with E-state index in [0.29, 0.717) is 0 Å². The van der Waals surface area contributed by atoms with Crippen molar-refractivity contribution in [2.24, 2.45) is 0 Å². The topological polar surface area (TPSA) is 30.5 Å². The number of rotatable bonds is 4. The average Bonchev–Trinajstić information content (AvgIpc) is 2.40. The molecule has 0 aliphatic carbocycles. The highest BCUT2D eigenvalue weighted by Crippen LogP contribution is 2.37. The Hall–Kier alpha value is -1.06. The molecule has 1 aliphatic heterocycles. The van der Waals surface area contributed by atoms with Crippen LogP contribution in [0.4, 0.5) is 0 Å². The Morgan fingerprint density at radius 2 is 2.22 bits per heavy atom. The van der Waals surface area contributed by atoms with E-state index in [2.05, 4.69) is 24.4 Å². The Bertz CT molecular complexity index is 386. The second-order valence-electron chi connectivity index (χ2n) is 5.12. The van der Waals surface area contributed by atoms with E-state index in [9.17, 15) is 0 Å². The normalized spacial score (nSPS) is 25.7. The van der Waals surface area contributed by atoms with Gasteiger partial charge in [-0.3, -0.25) is 0 Å². The van der Waals surface area contributed by atoms with Gasteiger partial charge in [0.25, 0.3) is 0 Å². The van der Waals surface area contributed by atoms with Crippen molar-refractivity contribution in [3.8, 4) is 5.75 Å². The summed E-state index contributed by atoms with van der Waals surface area (Å²) >= 11 is 0. The zero-order valence-corrected chi connectivity index (χ0v) is 11.5. The third kappa shape index (κ3) is 2.68. The van der Waals surface area contributed by atoms with Crippen LogP contribution >= 0.6 is 0 Å². The first-order chi connectivity index (χ1) is 8.69. The fraction of sp³-hybridized carbons (Fsp3) is 0.600. The monoisotopic (exact) mass is 249 g/mol. The van der Waals surface area contributed by atoms with Gasteiger partial charge in [-0.05, 0) is 50.9 Å². The summed E-state index contributed by atoms with van der Waals surface area (Å²) in [5, 5.41) is 3.40. The number of likely N-dealkylation sites (N-methyl/N-ethyl adjacent to an activating group) is 1. The van der Waals surface area contributed by atoms with Gasteiger partial charge >= 0.3 is 0 Å². The lowest BCUT2D eigenvalue weighted by atomic mass is 9.84. The summed E-state index contributed by atoms with van der Waals surface area (Å²) in [5.74, 6) is 0.896. The van der Waals surface area contributed by atoms with Crippen LogP contribution < -0.4 is 10.1 Å². The predicted octanol–water partition coefficient (Wildman–Crippen LogP) is 2.91. The fourth-order valence-electron chi connectivity index (χ4n) is 2.83. The molecular formula is C15H23NO2. The lowest BCUT2D eigenvalue weighted by Crippen LogP contribution is -2.44. The molecule has 100 valence electrons. The summed E-state index contributed by atoms with van der Waals surface area (Å²) < 4.78 is 11.3. The van der Waals surface area contributed by atoms with E-state index in [1.165, 1.54) is 18.4 Å². The van der Waals surface area contributed by atoms with E-state index in [1.807, 2.05) is 19.2 Å². The second-order valence-corrected chi connectivity index (χ2v) is 5.12. The van der Waals surface area contributed by atoms with Crippen molar-refractivity contribution in [1.82, 2.24) is 5.32 Å². The molecule has 1 fully saturated rings. The maximum atomic E-state index is 6.04. The lowest BCUT2D eigenvalue weighted by molar-refractivity contribution is -0.0884. The largest absolute Gasteiger partial charge is 0.497 e. The number of hydrogen-bond acceptors (Lipinski definition) is 3. The minimum atomic E-state index is -0.126. The van der Waals surface area contributed by atoms with E-state index in [4.69, 9.17) is 9.47 Å². The van der Waals surface area contributed by atoms with Gasteiger partial charge in [0.05, 0.1) is 18.8 Å². The van der Waals surface area contributed by atoms with Crippen LogP contribution in [-0.2, 0) is 4.74 Å². The fourth-order valence-corrected chi connectivity index (χ4v) is 2.83. The molecule has 0 spiro atoms. The number of ether oxygens (including phenoxy) is 2. The Labute approximate surface area is 109 Å². The van der Waals surface area contributed by atoms with Crippen LogP contribution in [0.2, 0.25) is 0 Å². The molecule has 2 rings (SSSR count). The van der Waals surface area contributed by atoms with Crippen LogP contribution in [0.15, 0.2) is 24.3 Å². The van der Waals surface area contributed by atoms with E-state index in [-0.39, 0.29) is 11.6 Å². The summed E-state index contributed by atoms with van der Waals surface area (Å²) in [4.78, 5) is 0. The second kappa shape index (κ2) is 5.72. The molecule has 18 heavy (non-hydrogen) atoms.